The molecule has 0 spiro atoms. The van der Waals surface area contributed by atoms with Crippen molar-refractivity contribution >= 4 is 10.8 Å². The normalized spacial score (nSPS) is 13.6. The van der Waals surface area contributed by atoms with E-state index in [2.05, 4.69) is 45.0 Å². The average Bonchev–Trinajstić information content (AvgIpc) is 2.35. The first-order chi connectivity index (χ1) is 8.41. The average molecular weight is 243 g/mol. The van der Waals surface area contributed by atoms with Crippen LogP contribution < -0.4 is 10.5 Å². The molecule has 2 heteroatoms. The number of benzene rings is 2. The van der Waals surface area contributed by atoms with Crippen LogP contribution >= 0.6 is 0 Å². The summed E-state index contributed by atoms with van der Waals surface area (Å²) in [5.74, 6) is 0.885. The van der Waals surface area contributed by atoms with Crippen molar-refractivity contribution in [1.82, 2.24) is 0 Å². The lowest BCUT2D eigenvalue weighted by atomic mass is 9.82. The molecule has 1 atom stereocenters. The minimum absolute atomic E-state index is 0.0454. The maximum absolute atomic E-state index is 6.29. The number of hydrogen-bond donors (Lipinski definition) is 1. The van der Waals surface area contributed by atoms with Crippen LogP contribution in [0.4, 0.5) is 0 Å². The smallest absolute Gasteiger partial charge is 0.119 e. The van der Waals surface area contributed by atoms with Crippen molar-refractivity contribution in [1.29, 1.82) is 0 Å². The molecule has 0 unspecified atom stereocenters. The Morgan fingerprint density at radius 3 is 2.22 bits per heavy atom. The zero-order valence-electron chi connectivity index (χ0n) is 11.5. The van der Waals surface area contributed by atoms with Crippen LogP contribution in [0.1, 0.15) is 32.4 Å². The maximum atomic E-state index is 6.29. The molecular formula is C16H21NO. The Morgan fingerprint density at radius 1 is 1.00 bits per heavy atom. The van der Waals surface area contributed by atoms with Gasteiger partial charge in [0, 0.05) is 6.04 Å². The molecule has 2 N–H and O–H groups in total. The van der Waals surface area contributed by atoms with Crippen molar-refractivity contribution < 1.29 is 4.74 Å². The summed E-state index contributed by atoms with van der Waals surface area (Å²) in [6.07, 6.45) is 0. The summed E-state index contributed by atoms with van der Waals surface area (Å²) in [7, 11) is 1.69. The van der Waals surface area contributed by atoms with Gasteiger partial charge in [0.15, 0.2) is 0 Å². The van der Waals surface area contributed by atoms with Crippen molar-refractivity contribution in [3.8, 4) is 5.75 Å². The zero-order valence-corrected chi connectivity index (χ0v) is 11.5. The molecule has 0 saturated heterocycles. The van der Waals surface area contributed by atoms with Gasteiger partial charge >= 0.3 is 0 Å². The molecule has 0 radical (unpaired) electrons. The SMILES string of the molecule is COc1ccc2cc([C@H](N)C(C)(C)C)ccc2c1. The van der Waals surface area contributed by atoms with Gasteiger partial charge in [0.1, 0.15) is 5.75 Å². The van der Waals surface area contributed by atoms with E-state index in [0.29, 0.717) is 0 Å². The number of ether oxygens (including phenoxy) is 1. The molecule has 2 nitrogen and oxygen atoms in total. The zero-order chi connectivity index (χ0) is 13.3. The second kappa shape index (κ2) is 4.62. The van der Waals surface area contributed by atoms with Gasteiger partial charge in [-0.3, -0.25) is 0 Å². The van der Waals surface area contributed by atoms with Gasteiger partial charge < -0.3 is 10.5 Å². The number of fused-ring (bicyclic) bond motifs is 1. The molecule has 0 bridgehead atoms. The number of rotatable bonds is 2. The minimum atomic E-state index is 0.0454. The second-order valence-corrected chi connectivity index (χ2v) is 5.82. The second-order valence-electron chi connectivity index (χ2n) is 5.82. The summed E-state index contributed by atoms with van der Waals surface area (Å²) in [5.41, 5.74) is 7.54. The summed E-state index contributed by atoms with van der Waals surface area (Å²) in [6, 6.07) is 12.5. The lowest BCUT2D eigenvalue weighted by molar-refractivity contribution is 0.327. The molecule has 0 aromatic heterocycles. The van der Waals surface area contributed by atoms with Gasteiger partial charge in [-0.25, -0.2) is 0 Å². The number of nitrogens with two attached hydrogens (primary N) is 1. The van der Waals surface area contributed by atoms with Crippen LogP contribution in [0.25, 0.3) is 10.8 Å². The van der Waals surface area contributed by atoms with E-state index < -0.39 is 0 Å². The van der Waals surface area contributed by atoms with Crippen LogP contribution in [0.2, 0.25) is 0 Å². The van der Waals surface area contributed by atoms with Crippen LogP contribution in [0, 0.1) is 5.41 Å². The summed E-state index contributed by atoms with van der Waals surface area (Å²) < 4.78 is 5.23. The lowest BCUT2D eigenvalue weighted by Gasteiger charge is -2.27. The van der Waals surface area contributed by atoms with Gasteiger partial charge in [-0.15, -0.1) is 0 Å². The third-order valence-corrected chi connectivity index (χ3v) is 3.36. The van der Waals surface area contributed by atoms with Gasteiger partial charge in [0.25, 0.3) is 0 Å². The minimum Gasteiger partial charge on any atom is -0.497 e. The Balaban J connectivity index is 2.45. The van der Waals surface area contributed by atoms with Crippen molar-refractivity contribution in [2.75, 3.05) is 7.11 Å². The molecule has 0 aliphatic heterocycles. The third kappa shape index (κ3) is 2.49. The molecule has 96 valence electrons. The summed E-state index contributed by atoms with van der Waals surface area (Å²) >= 11 is 0. The van der Waals surface area contributed by atoms with Crippen LogP contribution in [0.5, 0.6) is 5.75 Å². The molecule has 0 heterocycles. The van der Waals surface area contributed by atoms with E-state index >= 15 is 0 Å². The highest BCUT2D eigenvalue weighted by molar-refractivity contribution is 5.84. The first-order valence-corrected chi connectivity index (χ1v) is 6.25. The monoisotopic (exact) mass is 243 g/mol. The molecule has 18 heavy (non-hydrogen) atoms. The molecule has 0 aliphatic rings. The summed E-state index contributed by atoms with van der Waals surface area (Å²) in [5, 5.41) is 2.38. The van der Waals surface area contributed by atoms with E-state index in [4.69, 9.17) is 10.5 Å². The predicted octanol–water partition coefficient (Wildman–Crippen LogP) is 3.89. The van der Waals surface area contributed by atoms with Gasteiger partial charge in [-0.1, -0.05) is 39.0 Å². The predicted molar refractivity (Wildman–Crippen MR) is 76.9 cm³/mol. The fraction of sp³-hybridized carbons (Fsp3) is 0.375. The third-order valence-electron chi connectivity index (χ3n) is 3.36. The van der Waals surface area contributed by atoms with Gasteiger partial charge in [-0.05, 0) is 39.9 Å². The van der Waals surface area contributed by atoms with Gasteiger partial charge in [0.05, 0.1) is 7.11 Å². The van der Waals surface area contributed by atoms with Crippen molar-refractivity contribution in [3.63, 3.8) is 0 Å². The number of hydrogen-bond acceptors (Lipinski definition) is 2. The molecule has 2 aromatic carbocycles. The van der Waals surface area contributed by atoms with E-state index in [1.807, 2.05) is 12.1 Å². The van der Waals surface area contributed by atoms with E-state index in [0.717, 1.165) is 5.75 Å². The fourth-order valence-corrected chi connectivity index (χ4v) is 2.06. The Bertz CT molecular complexity index is 555. The Hall–Kier alpha value is -1.54. The largest absolute Gasteiger partial charge is 0.497 e. The van der Waals surface area contributed by atoms with E-state index in [1.54, 1.807) is 7.11 Å². The van der Waals surface area contributed by atoms with Crippen molar-refractivity contribution in [2.24, 2.45) is 11.1 Å². The molecule has 0 fully saturated rings. The van der Waals surface area contributed by atoms with Crippen LogP contribution in [-0.2, 0) is 0 Å². The van der Waals surface area contributed by atoms with Gasteiger partial charge in [0.2, 0.25) is 0 Å². The standard InChI is InChI=1S/C16H21NO/c1-16(2,3)15(17)13-6-5-12-10-14(18-4)8-7-11(12)9-13/h5-10,15H,17H2,1-4H3/t15-/m0/s1. The lowest BCUT2D eigenvalue weighted by Crippen LogP contribution is -2.26. The highest BCUT2D eigenvalue weighted by Gasteiger charge is 2.22. The number of methoxy groups -OCH3 is 1. The van der Waals surface area contributed by atoms with Crippen molar-refractivity contribution in [2.45, 2.75) is 26.8 Å². The van der Waals surface area contributed by atoms with Crippen LogP contribution in [0.3, 0.4) is 0 Å². The summed E-state index contributed by atoms with van der Waals surface area (Å²) in [4.78, 5) is 0. The van der Waals surface area contributed by atoms with E-state index in [-0.39, 0.29) is 11.5 Å². The van der Waals surface area contributed by atoms with Crippen LogP contribution in [-0.4, -0.2) is 7.11 Å². The molecular weight excluding hydrogens is 222 g/mol. The Labute approximate surface area is 109 Å². The molecule has 2 aromatic rings. The van der Waals surface area contributed by atoms with Crippen molar-refractivity contribution in [3.05, 3.63) is 42.0 Å². The quantitative estimate of drug-likeness (QED) is 0.868. The molecule has 0 saturated carbocycles. The van der Waals surface area contributed by atoms with E-state index in [9.17, 15) is 0 Å². The van der Waals surface area contributed by atoms with Gasteiger partial charge in [-0.2, -0.15) is 0 Å². The highest BCUT2D eigenvalue weighted by Crippen LogP contribution is 2.32. The van der Waals surface area contributed by atoms with Crippen LogP contribution in [0.15, 0.2) is 36.4 Å². The fourth-order valence-electron chi connectivity index (χ4n) is 2.06. The van der Waals surface area contributed by atoms with E-state index in [1.165, 1.54) is 16.3 Å². The Kier molecular flexibility index (Phi) is 3.31. The molecule has 0 amide bonds. The molecule has 0 aliphatic carbocycles. The summed E-state index contributed by atoms with van der Waals surface area (Å²) in [6.45, 7) is 6.49. The first-order valence-electron chi connectivity index (χ1n) is 6.25. The topological polar surface area (TPSA) is 35.2 Å². The first kappa shape index (κ1) is 12.9. The molecule has 2 rings (SSSR count). The Morgan fingerprint density at radius 2 is 1.61 bits per heavy atom. The maximum Gasteiger partial charge on any atom is 0.119 e. The highest BCUT2D eigenvalue weighted by atomic mass is 16.5.